The van der Waals surface area contributed by atoms with Crippen LogP contribution < -0.4 is 0 Å². The first-order chi connectivity index (χ1) is 9.22. The lowest BCUT2D eigenvalue weighted by molar-refractivity contribution is 0.266. The van der Waals surface area contributed by atoms with Crippen LogP contribution in [0.15, 0.2) is 18.2 Å². The molecule has 0 spiro atoms. The smallest absolute Gasteiger partial charge is 0.100 e. The molecule has 0 unspecified atom stereocenters. The Balaban J connectivity index is 2.27. The Morgan fingerprint density at radius 3 is 3.05 bits per heavy atom. The summed E-state index contributed by atoms with van der Waals surface area (Å²) in [7, 11) is 0. The molecule has 0 atom stereocenters. The van der Waals surface area contributed by atoms with E-state index in [4.69, 9.17) is 16.6 Å². The number of hydrogen-bond acceptors (Lipinski definition) is 3. The third kappa shape index (κ3) is 2.07. The van der Waals surface area contributed by atoms with E-state index in [1.165, 1.54) is 0 Å². The van der Waals surface area contributed by atoms with Crippen LogP contribution in [0.25, 0.3) is 10.9 Å². The summed E-state index contributed by atoms with van der Waals surface area (Å²) < 4.78 is 0. The first-order valence-corrected chi connectivity index (χ1v) is 6.84. The molecule has 0 saturated carbocycles. The number of rotatable bonds is 1. The summed E-state index contributed by atoms with van der Waals surface area (Å²) in [4.78, 5) is 7.03. The van der Waals surface area contributed by atoms with Crippen LogP contribution in [0.5, 0.6) is 0 Å². The molecule has 0 N–H and O–H groups in total. The molecule has 0 amide bonds. The Morgan fingerprint density at radius 2 is 2.32 bits per heavy atom. The van der Waals surface area contributed by atoms with Crippen molar-refractivity contribution < 1.29 is 0 Å². The maximum Gasteiger partial charge on any atom is 0.100 e. The van der Waals surface area contributed by atoms with E-state index in [9.17, 15) is 5.26 Å². The van der Waals surface area contributed by atoms with Gasteiger partial charge in [0.25, 0.3) is 0 Å². The molecule has 3 rings (SSSR count). The number of benzene rings is 1. The molecule has 1 aromatic heterocycles. The molecule has 0 radical (unpaired) electrons. The minimum Gasteiger partial charge on any atom is -0.299 e. The summed E-state index contributed by atoms with van der Waals surface area (Å²) in [6.45, 7) is 4.96. The van der Waals surface area contributed by atoms with E-state index in [2.05, 4.69) is 17.9 Å². The first-order valence-electron chi connectivity index (χ1n) is 6.46. The fourth-order valence-corrected chi connectivity index (χ4v) is 2.84. The topological polar surface area (TPSA) is 39.9 Å². The predicted molar refractivity (Wildman–Crippen MR) is 76.1 cm³/mol. The Hall–Kier alpha value is -1.63. The highest BCUT2D eigenvalue weighted by atomic mass is 35.5. The van der Waals surface area contributed by atoms with Crippen LogP contribution in [-0.4, -0.2) is 23.0 Å². The van der Waals surface area contributed by atoms with Crippen molar-refractivity contribution in [2.45, 2.75) is 19.9 Å². The molecule has 2 aromatic rings. The number of nitriles is 1. The van der Waals surface area contributed by atoms with Gasteiger partial charge in [0.15, 0.2) is 0 Å². The van der Waals surface area contributed by atoms with Gasteiger partial charge in [0.05, 0.1) is 11.1 Å². The van der Waals surface area contributed by atoms with Gasteiger partial charge in [-0.15, -0.1) is 0 Å². The third-order valence-electron chi connectivity index (χ3n) is 3.74. The van der Waals surface area contributed by atoms with Gasteiger partial charge in [-0.25, -0.2) is 0 Å². The molecule has 3 nitrogen and oxygen atoms in total. The molecule has 19 heavy (non-hydrogen) atoms. The van der Waals surface area contributed by atoms with Gasteiger partial charge in [0.1, 0.15) is 6.07 Å². The van der Waals surface area contributed by atoms with Gasteiger partial charge in [-0.3, -0.25) is 9.88 Å². The van der Waals surface area contributed by atoms with Gasteiger partial charge in [0.2, 0.25) is 0 Å². The van der Waals surface area contributed by atoms with Crippen molar-refractivity contribution in [3.63, 3.8) is 0 Å². The highest BCUT2D eigenvalue weighted by Crippen LogP contribution is 2.29. The molecule has 0 bridgehead atoms. The Kier molecular flexibility index (Phi) is 3.14. The summed E-state index contributed by atoms with van der Waals surface area (Å²) in [5, 5.41) is 11.0. The monoisotopic (exact) mass is 271 g/mol. The second-order valence-corrected chi connectivity index (χ2v) is 5.24. The second kappa shape index (κ2) is 4.80. The Morgan fingerprint density at radius 1 is 1.47 bits per heavy atom. The van der Waals surface area contributed by atoms with Gasteiger partial charge in [-0.1, -0.05) is 18.5 Å². The lowest BCUT2D eigenvalue weighted by atomic mass is 9.96. The molecule has 0 aliphatic carbocycles. The molecule has 0 fully saturated rings. The molecule has 1 aromatic carbocycles. The third-order valence-corrected chi connectivity index (χ3v) is 3.97. The number of fused-ring (bicyclic) bond motifs is 2. The highest BCUT2D eigenvalue weighted by molar-refractivity contribution is 6.31. The fraction of sp³-hybridized carbons (Fsp3) is 0.333. The molecular formula is C15H14ClN3. The Bertz CT molecular complexity index is 688. The van der Waals surface area contributed by atoms with Crippen LogP contribution in [0.1, 0.15) is 23.7 Å². The minimum atomic E-state index is 0.647. The van der Waals surface area contributed by atoms with E-state index in [-0.39, 0.29) is 0 Å². The van der Waals surface area contributed by atoms with E-state index in [1.54, 1.807) is 0 Å². The van der Waals surface area contributed by atoms with Crippen LogP contribution in [0, 0.1) is 11.3 Å². The SMILES string of the molecule is CCN1CCc2nc3ccc(Cl)cc3c(C#N)c2C1. The van der Waals surface area contributed by atoms with Gasteiger partial charge in [0, 0.05) is 41.2 Å². The van der Waals surface area contributed by atoms with Gasteiger partial charge >= 0.3 is 0 Å². The lowest BCUT2D eigenvalue weighted by Crippen LogP contribution is -2.31. The first kappa shape index (κ1) is 12.4. The number of nitrogens with zero attached hydrogens (tertiary/aromatic N) is 3. The van der Waals surface area contributed by atoms with Crippen molar-refractivity contribution in [3.05, 3.63) is 40.0 Å². The quantitative estimate of drug-likeness (QED) is 0.800. The average molecular weight is 272 g/mol. The zero-order valence-electron chi connectivity index (χ0n) is 10.8. The average Bonchev–Trinajstić information content (AvgIpc) is 2.44. The molecular weight excluding hydrogens is 258 g/mol. The molecule has 96 valence electrons. The molecule has 4 heteroatoms. The van der Waals surface area contributed by atoms with E-state index in [0.29, 0.717) is 5.02 Å². The second-order valence-electron chi connectivity index (χ2n) is 4.80. The predicted octanol–water partition coefficient (Wildman–Crippen LogP) is 3.14. The van der Waals surface area contributed by atoms with Crippen LogP contribution in [-0.2, 0) is 13.0 Å². The molecule has 1 aliphatic heterocycles. The summed E-state index contributed by atoms with van der Waals surface area (Å²) in [6, 6.07) is 7.90. The van der Waals surface area contributed by atoms with Crippen molar-refractivity contribution in [1.82, 2.24) is 9.88 Å². The number of pyridine rings is 1. The maximum absolute atomic E-state index is 9.50. The van der Waals surface area contributed by atoms with Crippen LogP contribution in [0.3, 0.4) is 0 Å². The standard InChI is InChI=1S/C15H14ClN3/c1-2-19-6-5-15-13(9-19)12(8-17)11-7-10(16)3-4-14(11)18-15/h3-4,7H,2,5-6,9H2,1H3. The Labute approximate surface area is 117 Å². The van der Waals surface area contributed by atoms with E-state index in [1.807, 2.05) is 18.2 Å². The highest BCUT2D eigenvalue weighted by Gasteiger charge is 2.21. The summed E-state index contributed by atoms with van der Waals surface area (Å²) in [6.07, 6.45) is 0.913. The fourth-order valence-electron chi connectivity index (χ4n) is 2.67. The summed E-state index contributed by atoms with van der Waals surface area (Å²) in [5.41, 5.74) is 3.74. The minimum absolute atomic E-state index is 0.647. The van der Waals surface area contributed by atoms with Crippen LogP contribution >= 0.6 is 11.6 Å². The van der Waals surface area contributed by atoms with Crippen LogP contribution in [0.4, 0.5) is 0 Å². The number of halogens is 1. The van der Waals surface area contributed by atoms with E-state index < -0.39 is 0 Å². The molecule has 2 heterocycles. The maximum atomic E-state index is 9.50. The van der Waals surface area contributed by atoms with Gasteiger partial charge < -0.3 is 0 Å². The number of likely N-dealkylation sites (N-methyl/N-ethyl adjacent to an activating group) is 1. The normalized spacial score (nSPS) is 15.2. The largest absolute Gasteiger partial charge is 0.299 e. The number of aromatic nitrogens is 1. The van der Waals surface area contributed by atoms with Crippen molar-refractivity contribution >= 4 is 22.5 Å². The van der Waals surface area contributed by atoms with E-state index >= 15 is 0 Å². The van der Waals surface area contributed by atoms with Crippen molar-refractivity contribution in [1.29, 1.82) is 5.26 Å². The van der Waals surface area contributed by atoms with Crippen molar-refractivity contribution in [3.8, 4) is 6.07 Å². The van der Waals surface area contributed by atoms with Crippen molar-refractivity contribution in [2.24, 2.45) is 0 Å². The van der Waals surface area contributed by atoms with Gasteiger partial charge in [-0.2, -0.15) is 5.26 Å². The summed E-state index contributed by atoms with van der Waals surface area (Å²) >= 11 is 6.04. The summed E-state index contributed by atoms with van der Waals surface area (Å²) in [5.74, 6) is 0. The lowest BCUT2D eigenvalue weighted by Gasteiger charge is -2.28. The van der Waals surface area contributed by atoms with Crippen molar-refractivity contribution in [2.75, 3.05) is 13.1 Å². The van der Waals surface area contributed by atoms with E-state index in [0.717, 1.165) is 53.8 Å². The zero-order valence-corrected chi connectivity index (χ0v) is 11.5. The molecule has 0 saturated heterocycles. The number of hydrogen-bond donors (Lipinski definition) is 0. The molecule has 1 aliphatic rings. The van der Waals surface area contributed by atoms with Crippen LogP contribution in [0.2, 0.25) is 5.02 Å². The zero-order chi connectivity index (χ0) is 13.4. The van der Waals surface area contributed by atoms with Gasteiger partial charge in [-0.05, 0) is 24.7 Å².